The van der Waals surface area contributed by atoms with Crippen molar-refractivity contribution in [3.63, 3.8) is 0 Å². The maximum atomic E-state index is 10.4. The number of rotatable bonds is 6. The lowest BCUT2D eigenvalue weighted by atomic mass is 10.2. The van der Waals surface area contributed by atoms with E-state index in [9.17, 15) is 4.79 Å². The third-order valence-electron chi connectivity index (χ3n) is 2.68. The quantitative estimate of drug-likeness (QED) is 0.856. The van der Waals surface area contributed by atoms with Gasteiger partial charge < -0.3 is 9.84 Å². The fourth-order valence-electron chi connectivity index (χ4n) is 1.71. The van der Waals surface area contributed by atoms with Crippen LogP contribution in [0.4, 0.5) is 0 Å². The van der Waals surface area contributed by atoms with Crippen LogP contribution in [0.1, 0.15) is 18.5 Å². The lowest BCUT2D eigenvalue weighted by Gasteiger charge is -2.02. The highest BCUT2D eigenvalue weighted by atomic mass is 16.5. The molecule has 0 amide bonds. The molecule has 0 bridgehead atoms. The van der Waals surface area contributed by atoms with Crippen molar-refractivity contribution in [2.45, 2.75) is 19.3 Å². The molecule has 0 saturated heterocycles. The number of ether oxygens (including phenoxy) is 1. The summed E-state index contributed by atoms with van der Waals surface area (Å²) in [6, 6.07) is 7.49. The van der Waals surface area contributed by atoms with Crippen molar-refractivity contribution in [2.24, 2.45) is 0 Å². The van der Waals surface area contributed by atoms with Crippen LogP contribution in [0.2, 0.25) is 0 Å². The van der Waals surface area contributed by atoms with Crippen LogP contribution in [0.25, 0.3) is 5.69 Å². The number of carbonyl (C=O) groups is 1. The molecule has 6 heteroatoms. The number of hydrogen-bond donors (Lipinski definition) is 1. The Morgan fingerprint density at radius 1 is 1.47 bits per heavy atom. The smallest absolute Gasteiger partial charge is 0.303 e. The highest BCUT2D eigenvalue weighted by molar-refractivity contribution is 5.66. The number of benzene rings is 1. The van der Waals surface area contributed by atoms with E-state index in [1.54, 1.807) is 18.0 Å². The van der Waals surface area contributed by atoms with Crippen LogP contribution in [0.15, 0.2) is 30.5 Å². The maximum Gasteiger partial charge on any atom is 0.303 e. The fourth-order valence-corrected chi connectivity index (χ4v) is 1.71. The molecule has 19 heavy (non-hydrogen) atoms. The first-order chi connectivity index (χ1) is 9.19. The lowest BCUT2D eigenvalue weighted by molar-refractivity contribution is -0.137. The van der Waals surface area contributed by atoms with Crippen molar-refractivity contribution >= 4 is 5.97 Å². The number of hydrogen-bond acceptors (Lipinski definition) is 4. The van der Waals surface area contributed by atoms with Gasteiger partial charge in [-0.1, -0.05) is 11.3 Å². The van der Waals surface area contributed by atoms with Gasteiger partial charge in [-0.05, 0) is 25.0 Å². The number of aryl methyl sites for hydroxylation is 1. The average Bonchev–Trinajstić information content (AvgIpc) is 2.87. The SMILES string of the molecule is COc1cccc(-n2cc(CCCC(=O)O)nn2)c1. The summed E-state index contributed by atoms with van der Waals surface area (Å²) in [7, 11) is 1.61. The van der Waals surface area contributed by atoms with Gasteiger partial charge in [0, 0.05) is 12.5 Å². The molecule has 0 aliphatic carbocycles. The number of aliphatic carboxylic acids is 1. The maximum absolute atomic E-state index is 10.4. The number of carboxylic acid groups (broad SMARTS) is 1. The second-order valence-corrected chi connectivity index (χ2v) is 4.10. The third kappa shape index (κ3) is 3.54. The van der Waals surface area contributed by atoms with Gasteiger partial charge in [-0.25, -0.2) is 4.68 Å². The number of carboxylic acids is 1. The van der Waals surface area contributed by atoms with Crippen LogP contribution in [-0.4, -0.2) is 33.2 Å². The normalized spacial score (nSPS) is 10.4. The van der Waals surface area contributed by atoms with Crippen LogP contribution in [-0.2, 0) is 11.2 Å². The summed E-state index contributed by atoms with van der Waals surface area (Å²) in [6.07, 6.45) is 3.12. The van der Waals surface area contributed by atoms with Crippen molar-refractivity contribution in [1.82, 2.24) is 15.0 Å². The van der Waals surface area contributed by atoms with Crippen LogP contribution >= 0.6 is 0 Å². The van der Waals surface area contributed by atoms with Gasteiger partial charge in [0.05, 0.1) is 24.7 Å². The molecule has 0 unspecified atom stereocenters. The molecule has 1 heterocycles. The van der Waals surface area contributed by atoms with Crippen LogP contribution in [0.3, 0.4) is 0 Å². The molecule has 2 rings (SSSR count). The zero-order valence-electron chi connectivity index (χ0n) is 10.6. The van der Waals surface area contributed by atoms with Gasteiger partial charge in [0.1, 0.15) is 5.75 Å². The monoisotopic (exact) mass is 261 g/mol. The van der Waals surface area contributed by atoms with Gasteiger partial charge in [-0.15, -0.1) is 5.10 Å². The Hall–Kier alpha value is -2.37. The Balaban J connectivity index is 2.05. The Morgan fingerprint density at radius 3 is 3.05 bits per heavy atom. The molecule has 2 aromatic rings. The minimum absolute atomic E-state index is 0.145. The molecule has 0 fully saturated rings. The van der Waals surface area contributed by atoms with Crippen LogP contribution in [0, 0.1) is 0 Å². The van der Waals surface area contributed by atoms with Gasteiger partial charge in [0.2, 0.25) is 0 Å². The first-order valence-corrected chi connectivity index (χ1v) is 5.96. The molecule has 6 nitrogen and oxygen atoms in total. The molecule has 1 aromatic carbocycles. The molecule has 0 aliphatic heterocycles. The Bertz CT molecular complexity index is 566. The fraction of sp³-hybridized carbons (Fsp3) is 0.308. The van der Waals surface area contributed by atoms with E-state index in [1.807, 2.05) is 24.3 Å². The van der Waals surface area contributed by atoms with Crippen molar-refractivity contribution < 1.29 is 14.6 Å². The molecule has 100 valence electrons. The predicted molar refractivity (Wildman–Crippen MR) is 68.5 cm³/mol. The van der Waals surface area contributed by atoms with Gasteiger partial charge in [0.25, 0.3) is 0 Å². The summed E-state index contributed by atoms with van der Waals surface area (Å²) in [4.78, 5) is 10.4. The molecule has 0 radical (unpaired) electrons. The summed E-state index contributed by atoms with van der Waals surface area (Å²) < 4.78 is 6.80. The second-order valence-electron chi connectivity index (χ2n) is 4.10. The van der Waals surface area contributed by atoms with Crippen molar-refractivity contribution in [1.29, 1.82) is 0 Å². The summed E-state index contributed by atoms with van der Waals surface area (Å²) in [5.74, 6) is -0.0411. The Kier molecular flexibility index (Phi) is 4.12. The number of aromatic nitrogens is 3. The van der Waals surface area contributed by atoms with Gasteiger partial charge >= 0.3 is 5.97 Å². The molecule has 1 aromatic heterocycles. The van der Waals surface area contributed by atoms with E-state index in [2.05, 4.69) is 10.3 Å². The van der Waals surface area contributed by atoms with Gasteiger partial charge in [0.15, 0.2) is 0 Å². The lowest BCUT2D eigenvalue weighted by Crippen LogP contribution is -1.96. The Morgan fingerprint density at radius 2 is 2.32 bits per heavy atom. The highest BCUT2D eigenvalue weighted by Crippen LogP contribution is 2.15. The van der Waals surface area contributed by atoms with Crippen molar-refractivity contribution in [3.8, 4) is 11.4 Å². The second kappa shape index (κ2) is 5.99. The third-order valence-corrected chi connectivity index (χ3v) is 2.68. The van der Waals surface area contributed by atoms with E-state index >= 15 is 0 Å². The van der Waals surface area contributed by atoms with E-state index < -0.39 is 5.97 Å². The average molecular weight is 261 g/mol. The highest BCUT2D eigenvalue weighted by Gasteiger charge is 2.05. The molecule has 0 spiro atoms. The van der Waals surface area contributed by atoms with Crippen molar-refractivity contribution in [2.75, 3.05) is 7.11 Å². The molecule has 1 N–H and O–H groups in total. The predicted octanol–water partition coefficient (Wildman–Crippen LogP) is 1.68. The van der Waals surface area contributed by atoms with Crippen LogP contribution in [0.5, 0.6) is 5.75 Å². The zero-order chi connectivity index (χ0) is 13.7. The minimum atomic E-state index is -0.791. The van der Waals surface area contributed by atoms with E-state index in [-0.39, 0.29) is 6.42 Å². The first kappa shape index (κ1) is 13.1. The molecule has 0 saturated carbocycles. The van der Waals surface area contributed by atoms with E-state index in [4.69, 9.17) is 9.84 Å². The van der Waals surface area contributed by atoms with E-state index in [0.717, 1.165) is 17.1 Å². The largest absolute Gasteiger partial charge is 0.497 e. The summed E-state index contributed by atoms with van der Waals surface area (Å²) in [5.41, 5.74) is 1.64. The Labute approximate surface area is 110 Å². The molecular formula is C13H15N3O3. The van der Waals surface area contributed by atoms with E-state index in [1.165, 1.54) is 0 Å². The summed E-state index contributed by atoms with van der Waals surface area (Å²) in [5, 5.41) is 16.6. The van der Waals surface area contributed by atoms with Crippen LogP contribution < -0.4 is 4.74 Å². The summed E-state index contributed by atoms with van der Waals surface area (Å²) in [6.45, 7) is 0. The number of methoxy groups -OCH3 is 1. The molecular weight excluding hydrogens is 246 g/mol. The van der Waals surface area contributed by atoms with Gasteiger partial charge in [-0.2, -0.15) is 0 Å². The molecule has 0 atom stereocenters. The standard InChI is InChI=1S/C13H15N3O3/c1-19-12-6-3-5-11(8-12)16-9-10(14-15-16)4-2-7-13(17)18/h3,5-6,8-9H,2,4,7H2,1H3,(H,17,18). The van der Waals surface area contributed by atoms with E-state index in [0.29, 0.717) is 12.8 Å². The molecule has 0 aliphatic rings. The minimum Gasteiger partial charge on any atom is -0.497 e. The summed E-state index contributed by atoms with van der Waals surface area (Å²) >= 11 is 0. The van der Waals surface area contributed by atoms with Gasteiger partial charge in [-0.3, -0.25) is 4.79 Å². The first-order valence-electron chi connectivity index (χ1n) is 5.96. The zero-order valence-corrected chi connectivity index (χ0v) is 10.6. The number of nitrogens with zero attached hydrogens (tertiary/aromatic N) is 3. The van der Waals surface area contributed by atoms with Crippen molar-refractivity contribution in [3.05, 3.63) is 36.2 Å². The topological polar surface area (TPSA) is 77.2 Å².